The molecule has 110 valence electrons. The van der Waals surface area contributed by atoms with Gasteiger partial charge >= 0.3 is 0 Å². The average Bonchev–Trinajstić information content (AvgIpc) is 2.39. The lowest BCUT2D eigenvalue weighted by atomic mass is 9.99. The second kappa shape index (κ2) is 5.93. The topological polar surface area (TPSA) is 67.3 Å². The SMILES string of the molecule is CCOCc1nc(Cl)cc(N2CCNC(=O)C2(C)C)n1. The normalized spacial score (nSPS) is 18.0. The van der Waals surface area contributed by atoms with Crippen LogP contribution in [0.3, 0.4) is 0 Å². The molecule has 1 amide bonds. The third kappa shape index (κ3) is 3.02. The zero-order valence-corrected chi connectivity index (χ0v) is 12.7. The number of nitrogens with one attached hydrogen (secondary N) is 1. The standard InChI is InChI=1S/C13H19ClN4O2/c1-4-20-8-10-16-9(14)7-11(17-10)18-6-5-15-12(19)13(18,2)3/h7H,4-6,8H2,1-3H3,(H,15,19). The molecule has 0 aliphatic carbocycles. The molecule has 0 aromatic carbocycles. The third-order valence-electron chi connectivity index (χ3n) is 3.29. The van der Waals surface area contributed by atoms with Gasteiger partial charge in [-0.25, -0.2) is 9.97 Å². The highest BCUT2D eigenvalue weighted by Gasteiger charge is 2.38. The Morgan fingerprint density at radius 3 is 2.95 bits per heavy atom. The summed E-state index contributed by atoms with van der Waals surface area (Å²) in [5.74, 6) is 1.15. The molecule has 2 heterocycles. The van der Waals surface area contributed by atoms with Crippen molar-refractivity contribution in [2.24, 2.45) is 0 Å². The number of carbonyl (C=O) groups excluding carboxylic acids is 1. The van der Waals surface area contributed by atoms with Gasteiger partial charge in [-0.2, -0.15) is 0 Å². The predicted molar refractivity (Wildman–Crippen MR) is 76.8 cm³/mol. The highest BCUT2D eigenvalue weighted by atomic mass is 35.5. The van der Waals surface area contributed by atoms with Gasteiger partial charge in [0.1, 0.15) is 23.1 Å². The Morgan fingerprint density at radius 2 is 2.25 bits per heavy atom. The summed E-state index contributed by atoms with van der Waals surface area (Å²) in [6, 6.07) is 1.68. The van der Waals surface area contributed by atoms with Crippen molar-refractivity contribution in [2.45, 2.75) is 32.9 Å². The smallest absolute Gasteiger partial charge is 0.245 e. The van der Waals surface area contributed by atoms with Gasteiger partial charge in [0.15, 0.2) is 5.82 Å². The number of anilines is 1. The minimum Gasteiger partial charge on any atom is -0.374 e. The van der Waals surface area contributed by atoms with Crippen LogP contribution in [0.4, 0.5) is 5.82 Å². The maximum Gasteiger partial charge on any atom is 0.245 e. The number of amides is 1. The zero-order chi connectivity index (χ0) is 14.8. The van der Waals surface area contributed by atoms with E-state index in [4.69, 9.17) is 16.3 Å². The minimum atomic E-state index is -0.668. The van der Waals surface area contributed by atoms with Crippen molar-refractivity contribution in [3.8, 4) is 0 Å². The van der Waals surface area contributed by atoms with E-state index in [9.17, 15) is 4.79 Å². The maximum atomic E-state index is 12.0. The number of halogens is 1. The second-order valence-corrected chi connectivity index (χ2v) is 5.46. The number of piperazine rings is 1. The first kappa shape index (κ1) is 15.0. The van der Waals surface area contributed by atoms with Crippen LogP contribution in [0, 0.1) is 0 Å². The Morgan fingerprint density at radius 1 is 1.50 bits per heavy atom. The molecule has 0 unspecified atom stereocenters. The number of aromatic nitrogens is 2. The Bertz CT molecular complexity index is 507. The van der Waals surface area contributed by atoms with Crippen molar-refractivity contribution in [1.29, 1.82) is 0 Å². The quantitative estimate of drug-likeness (QED) is 0.851. The number of hydrogen-bond donors (Lipinski definition) is 1. The van der Waals surface area contributed by atoms with E-state index in [0.29, 0.717) is 43.1 Å². The lowest BCUT2D eigenvalue weighted by molar-refractivity contribution is -0.126. The van der Waals surface area contributed by atoms with Crippen molar-refractivity contribution >= 4 is 23.3 Å². The summed E-state index contributed by atoms with van der Waals surface area (Å²) in [6.07, 6.45) is 0. The summed E-state index contributed by atoms with van der Waals surface area (Å²) in [7, 11) is 0. The van der Waals surface area contributed by atoms with E-state index in [1.165, 1.54) is 0 Å². The van der Waals surface area contributed by atoms with Crippen LogP contribution in [0.2, 0.25) is 5.15 Å². The van der Waals surface area contributed by atoms with Crippen LogP contribution < -0.4 is 10.2 Å². The van der Waals surface area contributed by atoms with Gasteiger partial charge in [0, 0.05) is 25.8 Å². The number of carbonyl (C=O) groups is 1. The molecule has 1 aliphatic rings. The molecule has 1 saturated heterocycles. The van der Waals surface area contributed by atoms with Gasteiger partial charge in [0.05, 0.1) is 0 Å². The first-order valence-corrected chi connectivity index (χ1v) is 7.00. The molecule has 0 saturated carbocycles. The highest BCUT2D eigenvalue weighted by Crippen LogP contribution is 2.26. The number of hydrogen-bond acceptors (Lipinski definition) is 5. The van der Waals surface area contributed by atoms with Gasteiger partial charge in [-0.15, -0.1) is 0 Å². The Kier molecular flexibility index (Phi) is 4.45. The van der Waals surface area contributed by atoms with Crippen LogP contribution in [-0.4, -0.2) is 41.1 Å². The van der Waals surface area contributed by atoms with Crippen LogP contribution >= 0.6 is 11.6 Å². The summed E-state index contributed by atoms with van der Waals surface area (Å²) in [6.45, 7) is 7.79. The fourth-order valence-corrected chi connectivity index (χ4v) is 2.34. The van der Waals surface area contributed by atoms with E-state index in [-0.39, 0.29) is 5.91 Å². The van der Waals surface area contributed by atoms with Crippen molar-refractivity contribution in [3.05, 3.63) is 17.0 Å². The average molecular weight is 299 g/mol. The molecule has 1 N–H and O–H groups in total. The Balaban J connectivity index is 2.31. The zero-order valence-electron chi connectivity index (χ0n) is 11.9. The van der Waals surface area contributed by atoms with Crippen molar-refractivity contribution in [3.63, 3.8) is 0 Å². The van der Waals surface area contributed by atoms with E-state index in [1.807, 2.05) is 25.7 Å². The largest absolute Gasteiger partial charge is 0.374 e. The molecule has 1 aromatic heterocycles. The van der Waals surface area contributed by atoms with Crippen molar-refractivity contribution in [1.82, 2.24) is 15.3 Å². The first-order valence-electron chi connectivity index (χ1n) is 6.62. The fourth-order valence-electron chi connectivity index (χ4n) is 2.15. The predicted octanol–water partition coefficient (Wildman–Crippen LogP) is 1.38. The lowest BCUT2D eigenvalue weighted by Gasteiger charge is -2.42. The number of rotatable bonds is 4. The molecule has 7 heteroatoms. The van der Waals surface area contributed by atoms with E-state index >= 15 is 0 Å². The third-order valence-corrected chi connectivity index (χ3v) is 3.48. The van der Waals surface area contributed by atoms with Gasteiger partial charge in [-0.3, -0.25) is 4.79 Å². The van der Waals surface area contributed by atoms with Crippen molar-refractivity contribution < 1.29 is 9.53 Å². The van der Waals surface area contributed by atoms with E-state index < -0.39 is 5.54 Å². The number of nitrogens with zero attached hydrogens (tertiary/aromatic N) is 3. The van der Waals surface area contributed by atoms with Crippen molar-refractivity contribution in [2.75, 3.05) is 24.6 Å². The van der Waals surface area contributed by atoms with E-state index in [1.54, 1.807) is 6.07 Å². The molecule has 0 bridgehead atoms. The molecule has 1 aliphatic heterocycles. The molecule has 1 aromatic rings. The van der Waals surface area contributed by atoms with Gasteiger partial charge < -0.3 is 15.0 Å². The minimum absolute atomic E-state index is 0.0233. The summed E-state index contributed by atoms with van der Waals surface area (Å²) >= 11 is 6.04. The van der Waals surface area contributed by atoms with E-state index in [0.717, 1.165) is 0 Å². The molecule has 1 fully saturated rings. The van der Waals surface area contributed by atoms with Crippen LogP contribution in [-0.2, 0) is 16.1 Å². The van der Waals surface area contributed by atoms with Gasteiger partial charge in [0.25, 0.3) is 0 Å². The molecule has 2 rings (SSSR count). The fraction of sp³-hybridized carbons (Fsp3) is 0.615. The van der Waals surface area contributed by atoms with Crippen LogP contribution in [0.15, 0.2) is 6.07 Å². The Hall–Kier alpha value is -1.40. The number of ether oxygens (including phenoxy) is 1. The Labute approximate surface area is 123 Å². The van der Waals surface area contributed by atoms with Crippen LogP contribution in [0.1, 0.15) is 26.6 Å². The molecular formula is C13H19ClN4O2. The molecule has 0 radical (unpaired) electrons. The van der Waals surface area contributed by atoms with Gasteiger partial charge in [-0.1, -0.05) is 11.6 Å². The second-order valence-electron chi connectivity index (χ2n) is 5.07. The highest BCUT2D eigenvalue weighted by molar-refractivity contribution is 6.29. The maximum absolute atomic E-state index is 12.0. The van der Waals surface area contributed by atoms with Crippen LogP contribution in [0.5, 0.6) is 0 Å². The van der Waals surface area contributed by atoms with E-state index in [2.05, 4.69) is 15.3 Å². The summed E-state index contributed by atoms with van der Waals surface area (Å²) in [4.78, 5) is 22.5. The first-order chi connectivity index (χ1) is 9.45. The summed E-state index contributed by atoms with van der Waals surface area (Å²) in [5.41, 5.74) is -0.668. The molecule has 0 atom stereocenters. The van der Waals surface area contributed by atoms with Gasteiger partial charge in [0.2, 0.25) is 5.91 Å². The monoisotopic (exact) mass is 298 g/mol. The molecule has 0 spiro atoms. The van der Waals surface area contributed by atoms with Gasteiger partial charge in [-0.05, 0) is 20.8 Å². The molecular weight excluding hydrogens is 280 g/mol. The molecule has 20 heavy (non-hydrogen) atoms. The lowest BCUT2D eigenvalue weighted by Crippen LogP contribution is -2.62. The van der Waals surface area contributed by atoms with Crippen LogP contribution in [0.25, 0.3) is 0 Å². The summed E-state index contributed by atoms with van der Waals surface area (Å²) in [5, 5.41) is 3.21. The molecule has 6 nitrogen and oxygen atoms in total. The summed E-state index contributed by atoms with van der Waals surface area (Å²) < 4.78 is 5.31.